The number of halogens is 1. The maximum Gasteiger partial charge on any atom is 0.217 e. The summed E-state index contributed by atoms with van der Waals surface area (Å²) in [7, 11) is 0. The molecule has 0 aliphatic heterocycles. The van der Waals surface area contributed by atoms with Crippen molar-refractivity contribution in [3.05, 3.63) is 34.9 Å². The van der Waals surface area contributed by atoms with Crippen molar-refractivity contribution in [2.24, 2.45) is 11.5 Å². The summed E-state index contributed by atoms with van der Waals surface area (Å²) in [6, 6.07) is 7.37. The van der Waals surface area contributed by atoms with Gasteiger partial charge < -0.3 is 11.5 Å². The molecule has 4 N–H and O–H groups in total. The van der Waals surface area contributed by atoms with Crippen LogP contribution in [-0.4, -0.2) is 5.91 Å². The van der Waals surface area contributed by atoms with Gasteiger partial charge in [0.2, 0.25) is 5.91 Å². The molecule has 0 aromatic heterocycles. The molecular formula is C11H15ClN2O. The fraction of sp³-hybridized carbons (Fsp3) is 0.364. The molecule has 15 heavy (non-hydrogen) atoms. The highest BCUT2D eigenvalue weighted by molar-refractivity contribution is 6.30. The van der Waals surface area contributed by atoms with Gasteiger partial charge in [0.15, 0.2) is 0 Å². The lowest BCUT2D eigenvalue weighted by Crippen LogP contribution is -2.13. The fourth-order valence-corrected chi connectivity index (χ4v) is 1.50. The van der Waals surface area contributed by atoms with Gasteiger partial charge >= 0.3 is 0 Å². The van der Waals surface area contributed by atoms with Gasteiger partial charge in [-0.15, -0.1) is 0 Å². The summed E-state index contributed by atoms with van der Waals surface area (Å²) in [6.45, 7) is 0. The largest absolute Gasteiger partial charge is 0.370 e. The number of hydrogen-bond acceptors (Lipinski definition) is 2. The Bertz CT molecular complexity index is 324. The first-order valence-electron chi connectivity index (χ1n) is 4.89. The first-order valence-corrected chi connectivity index (χ1v) is 5.26. The zero-order valence-corrected chi connectivity index (χ0v) is 9.20. The predicted molar refractivity (Wildman–Crippen MR) is 61.4 cm³/mol. The molecular weight excluding hydrogens is 212 g/mol. The van der Waals surface area contributed by atoms with E-state index >= 15 is 0 Å². The van der Waals surface area contributed by atoms with E-state index in [2.05, 4.69) is 0 Å². The van der Waals surface area contributed by atoms with Gasteiger partial charge in [-0.1, -0.05) is 23.7 Å². The van der Waals surface area contributed by atoms with Crippen LogP contribution in [0, 0.1) is 0 Å². The van der Waals surface area contributed by atoms with E-state index in [1.54, 1.807) is 0 Å². The standard InChI is InChI=1S/C11H15ClN2O/c12-9-6-4-8(5-7-9)10(13)2-1-3-11(14)15/h4-7,10H,1-3,13H2,(H2,14,15). The summed E-state index contributed by atoms with van der Waals surface area (Å²) in [4.78, 5) is 10.5. The van der Waals surface area contributed by atoms with Crippen molar-refractivity contribution >= 4 is 17.5 Å². The van der Waals surface area contributed by atoms with Gasteiger partial charge in [-0.25, -0.2) is 0 Å². The topological polar surface area (TPSA) is 69.1 Å². The van der Waals surface area contributed by atoms with E-state index in [0.717, 1.165) is 18.4 Å². The normalized spacial score (nSPS) is 12.4. The molecule has 1 aromatic carbocycles. The van der Waals surface area contributed by atoms with E-state index in [0.29, 0.717) is 11.4 Å². The second-order valence-electron chi connectivity index (χ2n) is 3.52. The molecule has 0 heterocycles. The monoisotopic (exact) mass is 226 g/mol. The Labute approximate surface area is 94.4 Å². The quantitative estimate of drug-likeness (QED) is 0.806. The molecule has 4 heteroatoms. The number of nitrogens with two attached hydrogens (primary N) is 2. The highest BCUT2D eigenvalue weighted by atomic mass is 35.5. The summed E-state index contributed by atoms with van der Waals surface area (Å²) in [5, 5.41) is 0.697. The van der Waals surface area contributed by atoms with Crippen molar-refractivity contribution in [1.29, 1.82) is 0 Å². The van der Waals surface area contributed by atoms with Crippen LogP contribution >= 0.6 is 11.6 Å². The van der Waals surface area contributed by atoms with Crippen LogP contribution in [0.5, 0.6) is 0 Å². The van der Waals surface area contributed by atoms with Crippen LogP contribution in [0.4, 0.5) is 0 Å². The molecule has 82 valence electrons. The van der Waals surface area contributed by atoms with Crippen LogP contribution < -0.4 is 11.5 Å². The fourth-order valence-electron chi connectivity index (χ4n) is 1.37. The highest BCUT2D eigenvalue weighted by Crippen LogP contribution is 2.18. The number of carbonyl (C=O) groups is 1. The van der Waals surface area contributed by atoms with Crippen molar-refractivity contribution in [3.8, 4) is 0 Å². The lowest BCUT2D eigenvalue weighted by atomic mass is 10.0. The molecule has 1 rings (SSSR count). The van der Waals surface area contributed by atoms with Crippen LogP contribution in [-0.2, 0) is 4.79 Å². The number of hydrogen-bond donors (Lipinski definition) is 2. The maximum absolute atomic E-state index is 10.5. The number of benzene rings is 1. The Morgan fingerprint density at radius 1 is 1.33 bits per heavy atom. The van der Waals surface area contributed by atoms with Crippen molar-refractivity contribution < 1.29 is 4.79 Å². The average Bonchev–Trinajstić information content (AvgIpc) is 2.18. The van der Waals surface area contributed by atoms with E-state index in [4.69, 9.17) is 23.1 Å². The molecule has 0 aliphatic carbocycles. The number of carbonyl (C=O) groups excluding carboxylic acids is 1. The molecule has 3 nitrogen and oxygen atoms in total. The number of primary amides is 1. The zero-order valence-electron chi connectivity index (χ0n) is 8.45. The molecule has 1 atom stereocenters. The van der Waals surface area contributed by atoms with Gasteiger partial charge in [-0.2, -0.15) is 0 Å². The molecule has 0 radical (unpaired) electrons. The minimum atomic E-state index is -0.279. The van der Waals surface area contributed by atoms with Gasteiger partial charge in [0.1, 0.15) is 0 Å². The maximum atomic E-state index is 10.5. The molecule has 0 saturated heterocycles. The van der Waals surface area contributed by atoms with Crippen molar-refractivity contribution in [3.63, 3.8) is 0 Å². The Hall–Kier alpha value is -1.06. The SMILES string of the molecule is NC(=O)CCCC(N)c1ccc(Cl)cc1. The van der Waals surface area contributed by atoms with Crippen molar-refractivity contribution in [1.82, 2.24) is 0 Å². The molecule has 1 unspecified atom stereocenters. The first kappa shape index (κ1) is 12.0. The molecule has 1 aromatic rings. The van der Waals surface area contributed by atoms with Crippen LogP contribution in [0.3, 0.4) is 0 Å². The third-order valence-corrected chi connectivity index (χ3v) is 2.49. The number of amides is 1. The van der Waals surface area contributed by atoms with Crippen LogP contribution in [0.25, 0.3) is 0 Å². The lowest BCUT2D eigenvalue weighted by Gasteiger charge is -2.11. The van der Waals surface area contributed by atoms with Crippen molar-refractivity contribution in [2.75, 3.05) is 0 Å². The molecule has 0 fully saturated rings. The number of rotatable bonds is 5. The predicted octanol–water partition coefficient (Wildman–Crippen LogP) is 2.00. The summed E-state index contributed by atoms with van der Waals surface area (Å²) >= 11 is 5.76. The van der Waals surface area contributed by atoms with Gasteiger partial charge in [0.25, 0.3) is 0 Å². The highest BCUT2D eigenvalue weighted by Gasteiger charge is 2.06. The smallest absolute Gasteiger partial charge is 0.217 e. The second-order valence-corrected chi connectivity index (χ2v) is 3.95. The molecule has 0 aliphatic rings. The Balaban J connectivity index is 2.43. The summed E-state index contributed by atoms with van der Waals surface area (Å²) in [5.41, 5.74) is 12.0. The van der Waals surface area contributed by atoms with E-state index in [-0.39, 0.29) is 11.9 Å². The summed E-state index contributed by atoms with van der Waals surface area (Å²) in [6.07, 6.45) is 1.87. The third-order valence-electron chi connectivity index (χ3n) is 2.24. The molecule has 0 spiro atoms. The Morgan fingerprint density at radius 2 is 1.93 bits per heavy atom. The average molecular weight is 227 g/mol. The van der Waals surface area contributed by atoms with Crippen LogP contribution in [0.1, 0.15) is 30.9 Å². The van der Waals surface area contributed by atoms with E-state index in [1.165, 1.54) is 0 Å². The third kappa shape index (κ3) is 4.32. The lowest BCUT2D eigenvalue weighted by molar-refractivity contribution is -0.118. The molecule has 0 bridgehead atoms. The minimum Gasteiger partial charge on any atom is -0.370 e. The van der Waals surface area contributed by atoms with Gasteiger partial charge in [-0.05, 0) is 30.5 Å². The Morgan fingerprint density at radius 3 is 2.47 bits per heavy atom. The molecule has 0 saturated carbocycles. The van der Waals surface area contributed by atoms with Crippen LogP contribution in [0.2, 0.25) is 5.02 Å². The van der Waals surface area contributed by atoms with Gasteiger partial charge in [0, 0.05) is 17.5 Å². The van der Waals surface area contributed by atoms with Gasteiger partial charge in [0.05, 0.1) is 0 Å². The summed E-state index contributed by atoms with van der Waals surface area (Å²) in [5.74, 6) is -0.279. The van der Waals surface area contributed by atoms with Crippen LogP contribution in [0.15, 0.2) is 24.3 Å². The Kier molecular flexibility index (Phi) is 4.59. The van der Waals surface area contributed by atoms with E-state index < -0.39 is 0 Å². The summed E-state index contributed by atoms with van der Waals surface area (Å²) < 4.78 is 0. The second kappa shape index (κ2) is 5.73. The van der Waals surface area contributed by atoms with E-state index in [9.17, 15) is 4.79 Å². The van der Waals surface area contributed by atoms with Crippen molar-refractivity contribution in [2.45, 2.75) is 25.3 Å². The molecule has 1 amide bonds. The van der Waals surface area contributed by atoms with E-state index in [1.807, 2.05) is 24.3 Å². The van der Waals surface area contributed by atoms with Gasteiger partial charge in [-0.3, -0.25) is 4.79 Å². The zero-order chi connectivity index (χ0) is 11.3. The first-order chi connectivity index (χ1) is 7.09. The minimum absolute atomic E-state index is 0.0541.